The third kappa shape index (κ3) is 2.97. The molecule has 2 aromatic heterocycles. The molecule has 1 N–H and O–H groups in total. The van der Waals surface area contributed by atoms with Crippen molar-refractivity contribution in [2.24, 2.45) is 0 Å². The maximum Gasteiger partial charge on any atom is 0.120 e. The Morgan fingerprint density at radius 1 is 1.47 bits per heavy atom. The number of nitrogens with zero attached hydrogens (tertiary/aromatic N) is 2. The number of furan rings is 1. The number of hydrogen-bond acceptors (Lipinski definition) is 3. The molecule has 4 nitrogen and oxygen atoms in total. The topological polar surface area (TPSA) is 43.0 Å². The summed E-state index contributed by atoms with van der Waals surface area (Å²) in [4.78, 5) is 0. The molecule has 0 aliphatic carbocycles. The van der Waals surface area contributed by atoms with E-state index in [4.69, 9.17) is 4.42 Å². The van der Waals surface area contributed by atoms with Crippen LogP contribution >= 0.6 is 0 Å². The van der Waals surface area contributed by atoms with Gasteiger partial charge in [0.05, 0.1) is 18.0 Å². The summed E-state index contributed by atoms with van der Waals surface area (Å²) >= 11 is 0. The van der Waals surface area contributed by atoms with E-state index in [1.807, 2.05) is 23.0 Å². The summed E-state index contributed by atoms with van der Waals surface area (Å²) in [5.41, 5.74) is 1.21. The summed E-state index contributed by atoms with van der Waals surface area (Å²) in [6, 6.07) is 6.17. The molecule has 1 atom stereocenters. The molecule has 0 saturated carbocycles. The lowest BCUT2D eigenvalue weighted by molar-refractivity contribution is 0.423. The fraction of sp³-hybridized carbons (Fsp3) is 0.462. The highest BCUT2D eigenvalue weighted by molar-refractivity contribution is 5.05. The molecule has 0 bridgehead atoms. The Balaban J connectivity index is 1.91. The molecule has 0 aliphatic heterocycles. The average molecular weight is 233 g/mol. The Labute approximate surface area is 102 Å². The Morgan fingerprint density at radius 3 is 3.06 bits per heavy atom. The van der Waals surface area contributed by atoms with Crippen molar-refractivity contribution in [3.05, 3.63) is 42.1 Å². The van der Waals surface area contributed by atoms with E-state index in [9.17, 15) is 0 Å². The van der Waals surface area contributed by atoms with Crippen LogP contribution in [0.4, 0.5) is 0 Å². The molecular weight excluding hydrogens is 214 g/mol. The fourth-order valence-corrected chi connectivity index (χ4v) is 1.82. The van der Waals surface area contributed by atoms with E-state index in [0.29, 0.717) is 0 Å². The fourth-order valence-electron chi connectivity index (χ4n) is 1.82. The molecule has 17 heavy (non-hydrogen) atoms. The largest absolute Gasteiger partial charge is 0.468 e. The van der Waals surface area contributed by atoms with Gasteiger partial charge in [-0.3, -0.25) is 4.68 Å². The van der Waals surface area contributed by atoms with Gasteiger partial charge in [-0.25, -0.2) is 0 Å². The highest BCUT2D eigenvalue weighted by Gasteiger charge is 2.08. The van der Waals surface area contributed by atoms with Crippen molar-refractivity contribution < 1.29 is 4.42 Å². The molecule has 0 saturated heterocycles. The zero-order valence-corrected chi connectivity index (χ0v) is 10.4. The van der Waals surface area contributed by atoms with E-state index >= 15 is 0 Å². The van der Waals surface area contributed by atoms with Gasteiger partial charge < -0.3 is 9.73 Å². The monoisotopic (exact) mass is 233 g/mol. The number of nitrogens with one attached hydrogen (secondary N) is 1. The van der Waals surface area contributed by atoms with Crippen LogP contribution in [-0.2, 0) is 13.1 Å². The van der Waals surface area contributed by atoms with Gasteiger partial charge in [0.15, 0.2) is 0 Å². The molecule has 92 valence electrons. The van der Waals surface area contributed by atoms with Gasteiger partial charge in [0, 0.05) is 19.3 Å². The number of rotatable bonds is 6. The first-order chi connectivity index (χ1) is 8.31. The van der Waals surface area contributed by atoms with Gasteiger partial charge in [-0.2, -0.15) is 5.10 Å². The standard InChI is InChI=1S/C13H19N3O/c1-3-8-16-12(6-7-15-16)10-14-11(2)13-5-4-9-17-13/h4-7,9,11,14H,3,8,10H2,1-2H3/t11-/m1/s1. The second kappa shape index (κ2) is 5.68. The van der Waals surface area contributed by atoms with E-state index in [1.165, 1.54) is 5.69 Å². The minimum absolute atomic E-state index is 0.218. The summed E-state index contributed by atoms with van der Waals surface area (Å²) < 4.78 is 7.40. The van der Waals surface area contributed by atoms with Crippen molar-refractivity contribution in [3.8, 4) is 0 Å². The third-order valence-electron chi connectivity index (χ3n) is 2.80. The Hall–Kier alpha value is -1.55. The minimum atomic E-state index is 0.218. The van der Waals surface area contributed by atoms with Gasteiger partial charge in [0.2, 0.25) is 0 Å². The van der Waals surface area contributed by atoms with Crippen molar-refractivity contribution in [2.75, 3.05) is 0 Å². The Morgan fingerprint density at radius 2 is 2.35 bits per heavy atom. The second-order valence-corrected chi connectivity index (χ2v) is 4.16. The molecule has 0 unspecified atom stereocenters. The quantitative estimate of drug-likeness (QED) is 0.834. The average Bonchev–Trinajstić information content (AvgIpc) is 2.97. The SMILES string of the molecule is CCCn1nccc1CN[C@H](C)c1ccco1. The van der Waals surface area contributed by atoms with Crippen LogP contribution in [0, 0.1) is 0 Å². The third-order valence-corrected chi connectivity index (χ3v) is 2.80. The lowest BCUT2D eigenvalue weighted by Gasteiger charge is -2.12. The minimum Gasteiger partial charge on any atom is -0.468 e. The van der Waals surface area contributed by atoms with E-state index in [2.05, 4.69) is 30.3 Å². The lowest BCUT2D eigenvalue weighted by Crippen LogP contribution is -2.20. The van der Waals surface area contributed by atoms with Crippen LogP contribution < -0.4 is 5.32 Å². The lowest BCUT2D eigenvalue weighted by atomic mass is 10.2. The van der Waals surface area contributed by atoms with Crippen molar-refractivity contribution in [2.45, 2.75) is 39.4 Å². The van der Waals surface area contributed by atoms with Crippen molar-refractivity contribution in [1.82, 2.24) is 15.1 Å². The van der Waals surface area contributed by atoms with Gasteiger partial charge in [0.25, 0.3) is 0 Å². The first-order valence-electron chi connectivity index (χ1n) is 6.08. The van der Waals surface area contributed by atoms with Crippen molar-refractivity contribution in [1.29, 1.82) is 0 Å². The van der Waals surface area contributed by atoms with E-state index in [-0.39, 0.29) is 6.04 Å². The van der Waals surface area contributed by atoms with E-state index in [0.717, 1.165) is 25.3 Å². The van der Waals surface area contributed by atoms with Crippen LogP contribution in [0.5, 0.6) is 0 Å². The second-order valence-electron chi connectivity index (χ2n) is 4.16. The highest BCUT2D eigenvalue weighted by Crippen LogP contribution is 2.13. The Bertz CT molecular complexity index is 433. The van der Waals surface area contributed by atoms with Crippen LogP contribution in [0.1, 0.15) is 37.8 Å². The first kappa shape index (κ1) is 11.9. The molecule has 0 amide bonds. The van der Waals surface area contributed by atoms with Crippen LogP contribution in [-0.4, -0.2) is 9.78 Å². The molecule has 0 spiro atoms. The van der Waals surface area contributed by atoms with Crippen LogP contribution in [0.2, 0.25) is 0 Å². The molecule has 2 rings (SSSR count). The molecule has 0 aliphatic rings. The van der Waals surface area contributed by atoms with E-state index < -0.39 is 0 Å². The summed E-state index contributed by atoms with van der Waals surface area (Å²) in [5, 5.41) is 7.73. The van der Waals surface area contributed by atoms with Gasteiger partial charge in [0.1, 0.15) is 5.76 Å². The predicted octanol–water partition coefficient (Wildman–Crippen LogP) is 2.74. The molecule has 4 heteroatoms. The Kier molecular flexibility index (Phi) is 3.98. The zero-order valence-electron chi connectivity index (χ0n) is 10.4. The van der Waals surface area contributed by atoms with E-state index in [1.54, 1.807) is 6.26 Å². The van der Waals surface area contributed by atoms with Crippen LogP contribution in [0.25, 0.3) is 0 Å². The number of aryl methyl sites for hydroxylation is 1. The number of aromatic nitrogens is 2. The molecule has 2 heterocycles. The van der Waals surface area contributed by atoms with Gasteiger partial charge >= 0.3 is 0 Å². The summed E-state index contributed by atoms with van der Waals surface area (Å²) in [7, 11) is 0. The van der Waals surface area contributed by atoms with Gasteiger partial charge in [-0.05, 0) is 31.5 Å². The summed E-state index contributed by atoms with van der Waals surface area (Å²) in [6.07, 6.45) is 4.65. The molecule has 0 radical (unpaired) electrons. The zero-order chi connectivity index (χ0) is 12.1. The molecule has 0 aromatic carbocycles. The summed E-state index contributed by atoms with van der Waals surface area (Å²) in [5.74, 6) is 0.964. The van der Waals surface area contributed by atoms with Crippen molar-refractivity contribution >= 4 is 0 Å². The predicted molar refractivity (Wildman–Crippen MR) is 66.5 cm³/mol. The van der Waals surface area contributed by atoms with Gasteiger partial charge in [-0.1, -0.05) is 6.92 Å². The highest BCUT2D eigenvalue weighted by atomic mass is 16.3. The normalized spacial score (nSPS) is 12.8. The number of hydrogen-bond donors (Lipinski definition) is 1. The maximum absolute atomic E-state index is 5.36. The van der Waals surface area contributed by atoms with Gasteiger partial charge in [-0.15, -0.1) is 0 Å². The maximum atomic E-state index is 5.36. The molecule has 0 fully saturated rings. The van der Waals surface area contributed by atoms with Crippen molar-refractivity contribution in [3.63, 3.8) is 0 Å². The molecule has 2 aromatic rings. The smallest absolute Gasteiger partial charge is 0.120 e. The first-order valence-corrected chi connectivity index (χ1v) is 6.08. The molecular formula is C13H19N3O. The summed E-state index contributed by atoms with van der Waals surface area (Å²) in [6.45, 7) is 6.03. The van der Waals surface area contributed by atoms with Crippen LogP contribution in [0.3, 0.4) is 0 Å². The van der Waals surface area contributed by atoms with Crippen LogP contribution in [0.15, 0.2) is 35.1 Å².